The molecule has 6 nitrogen and oxygen atoms in total. The molecule has 3 aliphatic rings. The summed E-state index contributed by atoms with van der Waals surface area (Å²) in [6.07, 6.45) is 7.32. The van der Waals surface area contributed by atoms with Crippen LogP contribution < -0.4 is 10.6 Å². The van der Waals surface area contributed by atoms with Crippen LogP contribution in [0.2, 0.25) is 0 Å². The van der Waals surface area contributed by atoms with Gasteiger partial charge in [0, 0.05) is 11.8 Å². The summed E-state index contributed by atoms with van der Waals surface area (Å²) in [6.45, 7) is 6.17. The van der Waals surface area contributed by atoms with E-state index < -0.39 is 5.54 Å². The van der Waals surface area contributed by atoms with Crippen LogP contribution in [0.3, 0.4) is 0 Å². The number of aromatic nitrogens is 2. The molecule has 0 radical (unpaired) electrons. The highest BCUT2D eigenvalue weighted by atomic mass is 16.5. The molecule has 2 aliphatic carbocycles. The molecule has 6 heteroatoms. The molecule has 0 bridgehead atoms. The second kappa shape index (κ2) is 5.83. The molecular formula is C18H28N4O2. The van der Waals surface area contributed by atoms with Crippen molar-refractivity contribution >= 4 is 5.91 Å². The minimum atomic E-state index is -0.412. The van der Waals surface area contributed by atoms with Gasteiger partial charge in [-0.1, -0.05) is 31.8 Å². The molecule has 0 aromatic carbocycles. The van der Waals surface area contributed by atoms with Gasteiger partial charge in [0.05, 0.1) is 0 Å². The third-order valence-electron chi connectivity index (χ3n) is 6.29. The lowest BCUT2D eigenvalue weighted by Crippen LogP contribution is -2.46. The standard InChI is InChI=1S/C18H28N4O2/c1-12(2)15-20-16(22-24-15)18(5-3-4-6-18)21-14(23)13-11-17(13)7-9-19-10-8-17/h12-13,19H,3-11H2,1-2H3,(H,21,23). The first-order valence-electron chi connectivity index (χ1n) is 9.42. The van der Waals surface area contributed by atoms with Gasteiger partial charge in [-0.3, -0.25) is 4.79 Å². The minimum absolute atomic E-state index is 0.175. The van der Waals surface area contributed by atoms with Crippen molar-refractivity contribution in [1.29, 1.82) is 0 Å². The van der Waals surface area contributed by atoms with Crippen molar-refractivity contribution in [2.75, 3.05) is 13.1 Å². The molecule has 1 aromatic rings. The third kappa shape index (κ3) is 2.65. The van der Waals surface area contributed by atoms with Crippen LogP contribution in [0.15, 0.2) is 4.52 Å². The molecule has 1 amide bonds. The van der Waals surface area contributed by atoms with Crippen LogP contribution in [0, 0.1) is 11.3 Å². The van der Waals surface area contributed by atoms with E-state index in [9.17, 15) is 4.79 Å². The predicted octanol–water partition coefficient (Wildman–Crippen LogP) is 2.47. The predicted molar refractivity (Wildman–Crippen MR) is 89.3 cm³/mol. The second-order valence-electron chi connectivity index (χ2n) is 8.26. The zero-order valence-electron chi connectivity index (χ0n) is 14.7. The Morgan fingerprint density at radius 2 is 1.96 bits per heavy atom. The van der Waals surface area contributed by atoms with E-state index in [1.165, 1.54) is 0 Å². The van der Waals surface area contributed by atoms with Crippen molar-refractivity contribution in [2.45, 2.75) is 70.3 Å². The Labute approximate surface area is 143 Å². The van der Waals surface area contributed by atoms with Gasteiger partial charge in [-0.15, -0.1) is 0 Å². The third-order valence-corrected chi connectivity index (χ3v) is 6.29. The van der Waals surface area contributed by atoms with Gasteiger partial charge in [-0.2, -0.15) is 4.98 Å². The molecule has 2 heterocycles. The molecule has 4 rings (SSSR count). The number of hydrogen-bond acceptors (Lipinski definition) is 5. The van der Waals surface area contributed by atoms with Gasteiger partial charge < -0.3 is 15.2 Å². The van der Waals surface area contributed by atoms with Gasteiger partial charge in [0.25, 0.3) is 0 Å². The van der Waals surface area contributed by atoms with E-state index in [1.54, 1.807) is 0 Å². The topological polar surface area (TPSA) is 80.0 Å². The number of carbonyl (C=O) groups is 1. The zero-order valence-corrected chi connectivity index (χ0v) is 14.7. The summed E-state index contributed by atoms with van der Waals surface area (Å²) >= 11 is 0. The fourth-order valence-electron chi connectivity index (χ4n) is 4.57. The number of piperidine rings is 1. The maximum Gasteiger partial charge on any atom is 0.229 e. The highest BCUT2D eigenvalue weighted by molar-refractivity contribution is 5.83. The molecule has 2 N–H and O–H groups in total. The van der Waals surface area contributed by atoms with Gasteiger partial charge in [0.2, 0.25) is 11.8 Å². The van der Waals surface area contributed by atoms with Crippen LogP contribution >= 0.6 is 0 Å². The first-order valence-corrected chi connectivity index (χ1v) is 9.42. The summed E-state index contributed by atoms with van der Waals surface area (Å²) in [6, 6.07) is 0. The first-order chi connectivity index (χ1) is 11.5. The zero-order chi connectivity index (χ0) is 16.8. The normalized spacial score (nSPS) is 27.5. The number of hydrogen-bond donors (Lipinski definition) is 2. The van der Waals surface area contributed by atoms with Crippen LogP contribution in [0.5, 0.6) is 0 Å². The Balaban J connectivity index is 1.50. The van der Waals surface area contributed by atoms with E-state index in [1.807, 2.05) is 13.8 Å². The molecule has 1 aliphatic heterocycles. The van der Waals surface area contributed by atoms with Crippen LogP contribution in [0.4, 0.5) is 0 Å². The Kier molecular flexibility index (Phi) is 3.90. The average Bonchev–Trinajstić information content (AvgIpc) is 2.99. The van der Waals surface area contributed by atoms with Crippen molar-refractivity contribution < 1.29 is 9.32 Å². The first kappa shape index (κ1) is 16.1. The lowest BCUT2D eigenvalue weighted by Gasteiger charge is -2.28. The highest BCUT2D eigenvalue weighted by Gasteiger charge is 2.59. The molecule has 24 heavy (non-hydrogen) atoms. The fourth-order valence-corrected chi connectivity index (χ4v) is 4.57. The van der Waals surface area contributed by atoms with Crippen molar-refractivity contribution in [3.8, 4) is 0 Å². The Hall–Kier alpha value is -1.43. The summed E-state index contributed by atoms with van der Waals surface area (Å²) in [5, 5.41) is 11.0. The van der Waals surface area contributed by atoms with Crippen LogP contribution in [-0.4, -0.2) is 29.1 Å². The van der Waals surface area contributed by atoms with Gasteiger partial charge in [0.15, 0.2) is 5.82 Å². The molecule has 1 aromatic heterocycles. The smallest absolute Gasteiger partial charge is 0.229 e. The highest BCUT2D eigenvalue weighted by Crippen LogP contribution is 2.59. The summed E-state index contributed by atoms with van der Waals surface area (Å²) in [5.41, 5.74) is -0.153. The Morgan fingerprint density at radius 3 is 2.58 bits per heavy atom. The fraction of sp³-hybridized carbons (Fsp3) is 0.833. The van der Waals surface area contributed by atoms with Crippen molar-refractivity contribution in [3.05, 3.63) is 11.7 Å². The summed E-state index contributed by atoms with van der Waals surface area (Å²) < 4.78 is 5.41. The minimum Gasteiger partial charge on any atom is -0.343 e. The number of carbonyl (C=O) groups excluding carboxylic acids is 1. The summed E-state index contributed by atoms with van der Waals surface area (Å²) in [4.78, 5) is 17.5. The molecule has 3 fully saturated rings. The van der Waals surface area contributed by atoms with Gasteiger partial charge >= 0.3 is 0 Å². The lowest BCUT2D eigenvalue weighted by molar-refractivity contribution is -0.125. The van der Waals surface area contributed by atoms with Crippen LogP contribution in [-0.2, 0) is 10.3 Å². The number of nitrogens with zero attached hydrogens (tertiary/aromatic N) is 2. The van der Waals surface area contributed by atoms with Gasteiger partial charge in [0.1, 0.15) is 5.54 Å². The van der Waals surface area contributed by atoms with E-state index in [0.717, 1.165) is 58.0 Å². The van der Waals surface area contributed by atoms with Crippen molar-refractivity contribution in [3.63, 3.8) is 0 Å². The number of nitrogens with one attached hydrogen (secondary N) is 2. The number of rotatable bonds is 4. The van der Waals surface area contributed by atoms with E-state index in [2.05, 4.69) is 20.8 Å². The molecule has 1 spiro atoms. The molecule has 1 unspecified atom stereocenters. The quantitative estimate of drug-likeness (QED) is 0.885. The van der Waals surface area contributed by atoms with Crippen LogP contribution in [0.25, 0.3) is 0 Å². The SMILES string of the molecule is CC(C)c1nc(C2(NC(=O)C3CC34CCNCC4)CCCC2)no1. The van der Waals surface area contributed by atoms with E-state index in [0.29, 0.717) is 11.7 Å². The second-order valence-corrected chi connectivity index (χ2v) is 8.26. The van der Waals surface area contributed by atoms with Crippen molar-refractivity contribution in [2.24, 2.45) is 11.3 Å². The van der Waals surface area contributed by atoms with E-state index in [4.69, 9.17) is 4.52 Å². The maximum absolute atomic E-state index is 12.9. The van der Waals surface area contributed by atoms with Crippen LogP contribution in [0.1, 0.15) is 76.4 Å². The van der Waals surface area contributed by atoms with Gasteiger partial charge in [-0.25, -0.2) is 0 Å². The molecule has 2 saturated carbocycles. The molecule has 132 valence electrons. The largest absolute Gasteiger partial charge is 0.343 e. The molecule has 1 saturated heterocycles. The average molecular weight is 332 g/mol. The van der Waals surface area contributed by atoms with E-state index in [-0.39, 0.29) is 23.2 Å². The van der Waals surface area contributed by atoms with Gasteiger partial charge in [-0.05, 0) is 50.6 Å². The summed E-state index contributed by atoms with van der Waals surface area (Å²) in [5.74, 6) is 1.92. The lowest BCUT2D eigenvalue weighted by atomic mass is 9.90. The van der Waals surface area contributed by atoms with E-state index >= 15 is 0 Å². The maximum atomic E-state index is 12.9. The molecular weight excluding hydrogens is 304 g/mol. The summed E-state index contributed by atoms with van der Waals surface area (Å²) in [7, 11) is 0. The monoisotopic (exact) mass is 332 g/mol. The van der Waals surface area contributed by atoms with Crippen molar-refractivity contribution in [1.82, 2.24) is 20.8 Å². The number of amides is 1. The Bertz CT molecular complexity index is 612. The molecule has 1 atom stereocenters. The Morgan fingerprint density at radius 1 is 1.25 bits per heavy atom.